The molecule has 1 unspecified atom stereocenters. The molecular formula is C16H25ClN2O2. The van der Waals surface area contributed by atoms with E-state index in [0.717, 1.165) is 30.6 Å². The summed E-state index contributed by atoms with van der Waals surface area (Å²) in [4.78, 5) is 0. The summed E-state index contributed by atoms with van der Waals surface area (Å²) in [6.07, 6.45) is 6.41. The van der Waals surface area contributed by atoms with E-state index in [-0.39, 0.29) is 11.6 Å². The summed E-state index contributed by atoms with van der Waals surface area (Å²) in [5, 5.41) is 0.705. The summed E-state index contributed by atoms with van der Waals surface area (Å²) in [6, 6.07) is 5.71. The summed E-state index contributed by atoms with van der Waals surface area (Å²) in [5.74, 6) is 6.67. The maximum absolute atomic E-state index is 6.12. The first kappa shape index (κ1) is 16.6. The molecule has 3 N–H and O–H groups in total. The molecule has 1 aromatic carbocycles. The Balaban J connectivity index is 2.23. The number of hydrogen-bond acceptors (Lipinski definition) is 4. The molecule has 0 heterocycles. The minimum Gasteiger partial charge on any atom is -0.496 e. The molecule has 1 saturated carbocycles. The van der Waals surface area contributed by atoms with Crippen LogP contribution in [-0.2, 0) is 11.2 Å². The molecule has 1 aromatic rings. The van der Waals surface area contributed by atoms with Crippen LogP contribution in [0.15, 0.2) is 18.2 Å². The zero-order chi connectivity index (χ0) is 15.3. The molecule has 0 radical (unpaired) electrons. The van der Waals surface area contributed by atoms with Crippen molar-refractivity contribution in [3.8, 4) is 5.75 Å². The van der Waals surface area contributed by atoms with Gasteiger partial charge < -0.3 is 9.47 Å². The van der Waals surface area contributed by atoms with Gasteiger partial charge in [0, 0.05) is 12.1 Å². The second kappa shape index (κ2) is 7.45. The molecule has 1 atom stereocenters. The Morgan fingerprint density at radius 2 is 2.00 bits per heavy atom. The standard InChI is InChI=1S/C16H25ClN2O2/c1-20-14-7-6-13(17)10-12(14)11-15(19-18)16(21-2)8-4-3-5-9-16/h6-7,10,15,19H,3-5,8-9,11,18H2,1-2H3. The molecule has 2 rings (SSSR count). The van der Waals surface area contributed by atoms with Gasteiger partial charge >= 0.3 is 0 Å². The van der Waals surface area contributed by atoms with Gasteiger partial charge in [0.1, 0.15) is 5.75 Å². The van der Waals surface area contributed by atoms with Crippen LogP contribution in [0.4, 0.5) is 0 Å². The average Bonchev–Trinajstić information content (AvgIpc) is 2.53. The Labute approximate surface area is 131 Å². The SMILES string of the molecule is COc1ccc(Cl)cc1CC(NN)C1(OC)CCCCC1. The maximum atomic E-state index is 6.12. The quantitative estimate of drug-likeness (QED) is 0.626. The summed E-state index contributed by atoms with van der Waals surface area (Å²) in [7, 11) is 3.45. The average molecular weight is 313 g/mol. The van der Waals surface area contributed by atoms with Gasteiger partial charge in [-0.25, -0.2) is 0 Å². The Kier molecular flexibility index (Phi) is 5.88. The van der Waals surface area contributed by atoms with E-state index < -0.39 is 0 Å². The number of nitrogens with one attached hydrogen (secondary N) is 1. The summed E-state index contributed by atoms with van der Waals surface area (Å²) >= 11 is 6.12. The lowest BCUT2D eigenvalue weighted by atomic mass is 9.77. The van der Waals surface area contributed by atoms with Crippen molar-refractivity contribution in [1.29, 1.82) is 0 Å². The van der Waals surface area contributed by atoms with Crippen molar-refractivity contribution in [2.75, 3.05) is 14.2 Å². The first-order chi connectivity index (χ1) is 10.1. The monoisotopic (exact) mass is 312 g/mol. The summed E-state index contributed by atoms with van der Waals surface area (Å²) in [6.45, 7) is 0. The van der Waals surface area contributed by atoms with Crippen molar-refractivity contribution in [1.82, 2.24) is 5.43 Å². The fourth-order valence-electron chi connectivity index (χ4n) is 3.37. The number of benzene rings is 1. The van der Waals surface area contributed by atoms with Crippen molar-refractivity contribution in [3.05, 3.63) is 28.8 Å². The highest BCUT2D eigenvalue weighted by atomic mass is 35.5. The Morgan fingerprint density at radius 3 is 2.57 bits per heavy atom. The molecule has 0 spiro atoms. The van der Waals surface area contributed by atoms with Crippen LogP contribution in [0.3, 0.4) is 0 Å². The third kappa shape index (κ3) is 3.69. The maximum Gasteiger partial charge on any atom is 0.122 e. The summed E-state index contributed by atoms with van der Waals surface area (Å²) in [5.41, 5.74) is 3.80. The third-order valence-electron chi connectivity index (χ3n) is 4.61. The van der Waals surface area contributed by atoms with Crippen LogP contribution >= 0.6 is 11.6 Å². The van der Waals surface area contributed by atoms with Crippen LogP contribution in [0, 0.1) is 0 Å². The van der Waals surface area contributed by atoms with E-state index in [9.17, 15) is 0 Å². The van der Waals surface area contributed by atoms with Crippen LogP contribution in [-0.4, -0.2) is 25.9 Å². The molecule has 1 aliphatic rings. The summed E-state index contributed by atoms with van der Waals surface area (Å²) < 4.78 is 11.3. The van der Waals surface area contributed by atoms with Crippen molar-refractivity contribution in [2.24, 2.45) is 5.84 Å². The van der Waals surface area contributed by atoms with Crippen LogP contribution in [0.1, 0.15) is 37.7 Å². The van der Waals surface area contributed by atoms with Gasteiger partial charge in [0.15, 0.2) is 0 Å². The van der Waals surface area contributed by atoms with Gasteiger partial charge in [-0.1, -0.05) is 30.9 Å². The number of rotatable bonds is 6. The highest BCUT2D eigenvalue weighted by molar-refractivity contribution is 6.30. The molecule has 4 nitrogen and oxygen atoms in total. The molecule has 1 fully saturated rings. The molecule has 0 bridgehead atoms. The van der Waals surface area contributed by atoms with E-state index in [2.05, 4.69) is 5.43 Å². The minimum absolute atomic E-state index is 0.0372. The smallest absolute Gasteiger partial charge is 0.122 e. The van der Waals surface area contributed by atoms with E-state index in [1.165, 1.54) is 19.3 Å². The predicted molar refractivity (Wildman–Crippen MR) is 85.6 cm³/mol. The molecule has 0 amide bonds. The van der Waals surface area contributed by atoms with Crippen molar-refractivity contribution >= 4 is 11.6 Å². The van der Waals surface area contributed by atoms with E-state index in [4.69, 9.17) is 26.9 Å². The molecule has 1 aliphatic carbocycles. The number of ether oxygens (including phenoxy) is 2. The fraction of sp³-hybridized carbons (Fsp3) is 0.625. The van der Waals surface area contributed by atoms with Gasteiger partial charge in [0.2, 0.25) is 0 Å². The van der Waals surface area contributed by atoms with Gasteiger partial charge in [-0.3, -0.25) is 11.3 Å². The lowest BCUT2D eigenvalue weighted by Crippen LogP contribution is -2.56. The van der Waals surface area contributed by atoms with Crippen LogP contribution in [0.25, 0.3) is 0 Å². The topological polar surface area (TPSA) is 56.5 Å². The third-order valence-corrected chi connectivity index (χ3v) is 4.84. The number of halogens is 1. The number of hydrogen-bond donors (Lipinski definition) is 2. The largest absolute Gasteiger partial charge is 0.496 e. The van der Waals surface area contributed by atoms with Gasteiger partial charge in [-0.2, -0.15) is 0 Å². The second-order valence-electron chi connectivity index (χ2n) is 5.71. The van der Waals surface area contributed by atoms with E-state index in [1.807, 2.05) is 18.2 Å². The van der Waals surface area contributed by atoms with Crippen LogP contribution in [0.2, 0.25) is 5.02 Å². The predicted octanol–water partition coefficient (Wildman–Crippen LogP) is 3.07. The molecule has 118 valence electrons. The van der Waals surface area contributed by atoms with Crippen LogP contribution < -0.4 is 16.0 Å². The molecule has 21 heavy (non-hydrogen) atoms. The van der Waals surface area contributed by atoms with Crippen LogP contribution in [0.5, 0.6) is 5.75 Å². The number of hydrazine groups is 1. The van der Waals surface area contributed by atoms with Gasteiger partial charge in [0.25, 0.3) is 0 Å². The van der Waals surface area contributed by atoms with Crippen molar-refractivity contribution in [3.63, 3.8) is 0 Å². The van der Waals surface area contributed by atoms with Crippen molar-refractivity contribution in [2.45, 2.75) is 50.2 Å². The number of nitrogens with two attached hydrogens (primary N) is 1. The second-order valence-corrected chi connectivity index (χ2v) is 6.15. The zero-order valence-electron chi connectivity index (χ0n) is 12.8. The normalized spacial score (nSPS) is 19.2. The fourth-order valence-corrected chi connectivity index (χ4v) is 3.56. The van der Waals surface area contributed by atoms with Gasteiger partial charge in [-0.15, -0.1) is 0 Å². The molecular weight excluding hydrogens is 288 g/mol. The van der Waals surface area contributed by atoms with Crippen molar-refractivity contribution < 1.29 is 9.47 Å². The highest BCUT2D eigenvalue weighted by Crippen LogP contribution is 2.36. The van der Waals surface area contributed by atoms with Gasteiger partial charge in [-0.05, 0) is 43.0 Å². The van der Waals surface area contributed by atoms with E-state index in [0.29, 0.717) is 5.02 Å². The lowest BCUT2D eigenvalue weighted by Gasteiger charge is -2.42. The Bertz CT molecular complexity index is 462. The first-order valence-corrected chi connectivity index (χ1v) is 7.86. The molecule has 0 aromatic heterocycles. The Morgan fingerprint density at radius 1 is 1.29 bits per heavy atom. The first-order valence-electron chi connectivity index (χ1n) is 7.49. The minimum atomic E-state index is -0.208. The van der Waals surface area contributed by atoms with E-state index in [1.54, 1.807) is 14.2 Å². The Hall–Kier alpha value is -0.810. The zero-order valence-corrected chi connectivity index (χ0v) is 13.6. The highest BCUT2D eigenvalue weighted by Gasteiger charge is 2.39. The molecule has 5 heteroatoms. The lowest BCUT2D eigenvalue weighted by molar-refractivity contribution is -0.0674. The van der Waals surface area contributed by atoms with E-state index >= 15 is 0 Å². The molecule has 0 saturated heterocycles. The number of methoxy groups -OCH3 is 2. The van der Waals surface area contributed by atoms with Gasteiger partial charge in [0.05, 0.1) is 18.8 Å². The molecule has 0 aliphatic heterocycles.